The Balaban J connectivity index is 1.18. The van der Waals surface area contributed by atoms with Crippen molar-refractivity contribution in [3.05, 3.63) is 144 Å². The van der Waals surface area contributed by atoms with Crippen molar-refractivity contribution in [3.63, 3.8) is 0 Å². The number of aromatic amines is 1. The van der Waals surface area contributed by atoms with Gasteiger partial charge in [-0.05, 0) is 64.2 Å². The summed E-state index contributed by atoms with van der Waals surface area (Å²) in [6.45, 7) is 0. The smallest absolute Gasteiger partial charge is 0.196 e. The molecule has 2 atom stereocenters. The molecule has 3 aliphatic rings. The Morgan fingerprint density at radius 2 is 1.43 bits per heavy atom. The Morgan fingerprint density at radius 3 is 2.33 bits per heavy atom. The molecule has 3 nitrogen and oxygen atoms in total. The van der Waals surface area contributed by atoms with Gasteiger partial charge in [0.2, 0.25) is 0 Å². The van der Waals surface area contributed by atoms with Crippen LogP contribution in [0, 0.1) is 0 Å². The highest BCUT2D eigenvalue weighted by molar-refractivity contribution is 6.29. The van der Waals surface area contributed by atoms with Crippen LogP contribution >= 0.6 is 0 Å². The van der Waals surface area contributed by atoms with Crippen LogP contribution in [0.4, 0.5) is 11.4 Å². The Hall–Kier alpha value is -5.15. The van der Waals surface area contributed by atoms with E-state index in [-0.39, 0.29) is 11.8 Å². The number of benzene rings is 5. The summed E-state index contributed by atoms with van der Waals surface area (Å²) in [5.41, 5.74) is 11.8. The van der Waals surface area contributed by atoms with Crippen molar-refractivity contribution in [1.29, 1.82) is 0 Å². The van der Waals surface area contributed by atoms with Gasteiger partial charge in [-0.3, -0.25) is 4.79 Å². The molecule has 2 unspecified atom stereocenters. The van der Waals surface area contributed by atoms with Gasteiger partial charge in [-0.25, -0.2) is 0 Å². The molecule has 6 aromatic rings. The highest BCUT2D eigenvalue weighted by Gasteiger charge is 2.37. The Bertz CT molecular complexity index is 2100. The quantitative estimate of drug-likeness (QED) is 0.251. The fraction of sp³-hybridized carbons (Fsp3) is 0.0541. The number of carbonyl (C=O) groups excluding carboxylic acids is 1. The SMILES string of the molecule is O=C1c2ccccc2-c2ccc3c([nH]c4ccc(-c5ccc6c(c5)C5C=CC=CC5N6c5ccccc5)cc43)c21. The number of hydrogen-bond acceptors (Lipinski definition) is 2. The summed E-state index contributed by atoms with van der Waals surface area (Å²) in [5.74, 6) is 0.418. The van der Waals surface area contributed by atoms with Gasteiger partial charge in [0.05, 0.1) is 17.1 Å². The molecule has 0 amide bonds. The summed E-state index contributed by atoms with van der Waals surface area (Å²) in [6.07, 6.45) is 8.97. The van der Waals surface area contributed by atoms with E-state index in [1.54, 1.807) is 0 Å². The van der Waals surface area contributed by atoms with E-state index in [0.717, 1.165) is 44.1 Å². The minimum Gasteiger partial charge on any atom is -0.354 e. The molecule has 0 spiro atoms. The summed E-state index contributed by atoms with van der Waals surface area (Å²) in [5, 5.41) is 2.23. The average molecular weight is 513 g/mol. The molecular formula is C37H24N2O. The number of nitrogens with zero attached hydrogens (tertiary/aromatic N) is 1. The first-order valence-electron chi connectivity index (χ1n) is 13.8. The molecule has 3 heteroatoms. The molecule has 0 fully saturated rings. The monoisotopic (exact) mass is 512 g/mol. The highest BCUT2D eigenvalue weighted by atomic mass is 16.1. The lowest BCUT2D eigenvalue weighted by molar-refractivity contribution is 0.104. The van der Waals surface area contributed by atoms with E-state index in [0.29, 0.717) is 5.92 Å². The number of ketones is 1. The molecule has 0 saturated heterocycles. The summed E-state index contributed by atoms with van der Waals surface area (Å²) in [4.78, 5) is 19.4. The maximum absolute atomic E-state index is 13.4. The molecule has 0 radical (unpaired) electrons. The summed E-state index contributed by atoms with van der Waals surface area (Å²) >= 11 is 0. The van der Waals surface area contributed by atoms with Crippen LogP contribution in [-0.2, 0) is 0 Å². The molecular weight excluding hydrogens is 488 g/mol. The fourth-order valence-corrected chi connectivity index (χ4v) is 7.07. The van der Waals surface area contributed by atoms with Gasteiger partial charge in [-0.15, -0.1) is 0 Å². The fourth-order valence-electron chi connectivity index (χ4n) is 7.07. The Morgan fingerprint density at radius 1 is 0.650 bits per heavy atom. The number of anilines is 2. The zero-order chi connectivity index (χ0) is 26.4. The van der Waals surface area contributed by atoms with E-state index in [4.69, 9.17) is 0 Å². The molecule has 0 bridgehead atoms. The van der Waals surface area contributed by atoms with Crippen LogP contribution < -0.4 is 4.90 Å². The molecule has 2 heterocycles. The van der Waals surface area contributed by atoms with E-state index < -0.39 is 0 Å². The largest absolute Gasteiger partial charge is 0.354 e. The number of rotatable bonds is 2. The van der Waals surface area contributed by atoms with Gasteiger partial charge in [0.15, 0.2) is 5.78 Å². The lowest BCUT2D eigenvalue weighted by Crippen LogP contribution is -2.28. The van der Waals surface area contributed by atoms with Crippen molar-refractivity contribution in [3.8, 4) is 22.3 Å². The molecule has 0 saturated carbocycles. The van der Waals surface area contributed by atoms with Gasteiger partial charge in [0.25, 0.3) is 0 Å². The predicted octanol–water partition coefficient (Wildman–Crippen LogP) is 8.93. The zero-order valence-electron chi connectivity index (χ0n) is 21.6. The second-order valence-electron chi connectivity index (χ2n) is 10.9. The molecule has 188 valence electrons. The molecule has 40 heavy (non-hydrogen) atoms. The van der Waals surface area contributed by atoms with Gasteiger partial charge in [0.1, 0.15) is 0 Å². The van der Waals surface area contributed by atoms with E-state index >= 15 is 0 Å². The summed E-state index contributed by atoms with van der Waals surface area (Å²) < 4.78 is 0. The van der Waals surface area contributed by atoms with Crippen LogP contribution in [0.3, 0.4) is 0 Å². The first kappa shape index (κ1) is 21.7. The highest BCUT2D eigenvalue weighted by Crippen LogP contribution is 2.49. The number of aromatic nitrogens is 1. The van der Waals surface area contributed by atoms with Crippen molar-refractivity contribution in [2.45, 2.75) is 12.0 Å². The minimum absolute atomic E-state index is 0.105. The number of carbonyl (C=O) groups is 1. The van der Waals surface area contributed by atoms with E-state index in [9.17, 15) is 4.79 Å². The zero-order valence-corrected chi connectivity index (χ0v) is 21.6. The molecule has 2 aliphatic carbocycles. The number of fused-ring (bicyclic) bond motifs is 10. The molecule has 9 rings (SSSR count). The van der Waals surface area contributed by atoms with Gasteiger partial charge < -0.3 is 9.88 Å². The van der Waals surface area contributed by atoms with Gasteiger partial charge >= 0.3 is 0 Å². The summed E-state index contributed by atoms with van der Waals surface area (Å²) in [6, 6.07) is 36.6. The van der Waals surface area contributed by atoms with Crippen LogP contribution in [0.5, 0.6) is 0 Å². The van der Waals surface area contributed by atoms with Gasteiger partial charge in [0, 0.05) is 39.1 Å². The second-order valence-corrected chi connectivity index (χ2v) is 10.9. The molecule has 5 aromatic carbocycles. The van der Waals surface area contributed by atoms with E-state index in [2.05, 4.69) is 113 Å². The lowest BCUT2D eigenvalue weighted by atomic mass is 9.89. The third-order valence-electron chi connectivity index (χ3n) is 8.88. The predicted molar refractivity (Wildman–Crippen MR) is 163 cm³/mol. The molecule has 1 aliphatic heterocycles. The first-order valence-corrected chi connectivity index (χ1v) is 13.8. The van der Waals surface area contributed by atoms with E-state index in [1.165, 1.54) is 28.1 Å². The van der Waals surface area contributed by atoms with Crippen molar-refractivity contribution < 1.29 is 4.79 Å². The van der Waals surface area contributed by atoms with Crippen LogP contribution in [0.1, 0.15) is 27.4 Å². The Labute approximate surface area is 231 Å². The van der Waals surface area contributed by atoms with Gasteiger partial charge in [-0.1, -0.05) is 91.0 Å². The van der Waals surface area contributed by atoms with E-state index in [1.807, 2.05) is 24.3 Å². The van der Waals surface area contributed by atoms with Crippen molar-refractivity contribution in [2.75, 3.05) is 4.90 Å². The second kappa shape index (κ2) is 7.93. The average Bonchev–Trinajstić information content (AvgIpc) is 3.65. The molecule has 1 aromatic heterocycles. The normalized spacial score (nSPS) is 18.3. The number of para-hydroxylation sites is 1. The standard InChI is InChI=1S/C37H24N2O/c40-37-29-12-5-4-10-25(29)27-16-17-28-30-20-22(14-18-32(30)38-36(28)35(27)37)23-15-19-34-31(21-23)26-11-6-7-13-33(26)39(34)24-8-2-1-3-9-24/h1-21,26,33,38H. The maximum atomic E-state index is 13.4. The molecule has 1 N–H and O–H groups in total. The number of nitrogens with one attached hydrogen (secondary N) is 1. The third-order valence-corrected chi connectivity index (χ3v) is 8.88. The third kappa shape index (κ3) is 2.86. The maximum Gasteiger partial charge on any atom is 0.196 e. The van der Waals surface area contributed by atoms with Gasteiger partial charge in [-0.2, -0.15) is 0 Å². The van der Waals surface area contributed by atoms with Crippen molar-refractivity contribution >= 4 is 39.0 Å². The Kier molecular flexibility index (Phi) is 4.31. The summed E-state index contributed by atoms with van der Waals surface area (Å²) in [7, 11) is 0. The lowest BCUT2D eigenvalue weighted by Gasteiger charge is -2.28. The topological polar surface area (TPSA) is 36.1 Å². The van der Waals surface area contributed by atoms with Crippen molar-refractivity contribution in [2.24, 2.45) is 0 Å². The van der Waals surface area contributed by atoms with Crippen LogP contribution in [0.15, 0.2) is 127 Å². The number of H-pyrrole nitrogens is 1. The van der Waals surface area contributed by atoms with Crippen LogP contribution in [-0.4, -0.2) is 16.8 Å². The van der Waals surface area contributed by atoms with Crippen LogP contribution in [0.2, 0.25) is 0 Å². The minimum atomic E-state index is 0.105. The van der Waals surface area contributed by atoms with Crippen molar-refractivity contribution in [1.82, 2.24) is 4.98 Å². The van der Waals surface area contributed by atoms with Crippen LogP contribution in [0.25, 0.3) is 44.1 Å². The number of allylic oxidation sites excluding steroid dienone is 2. The first-order chi connectivity index (χ1) is 19.8. The number of hydrogen-bond donors (Lipinski definition) is 1.